The minimum Gasteiger partial charge on any atom is -1.00 e. The summed E-state index contributed by atoms with van der Waals surface area (Å²) in [6.45, 7) is 0.867. The molecule has 2 aromatic rings. The molecule has 1 heterocycles. The predicted molar refractivity (Wildman–Crippen MR) is 50.1 cm³/mol. The maximum absolute atomic E-state index is 8.78. The molecule has 2 rings (SSSR count). The van der Waals surface area contributed by atoms with Crippen LogP contribution >= 0.6 is 0 Å². The minimum absolute atomic E-state index is 0. The number of nitrogens with zero attached hydrogens (tertiary/aromatic N) is 1. The van der Waals surface area contributed by atoms with Gasteiger partial charge < -0.3 is 11.1 Å². The molecule has 2 nitrogen and oxygen atoms in total. The summed E-state index contributed by atoms with van der Waals surface area (Å²) in [7, 11) is 0. The molecular formula is C10H12NNaO. The second-order valence-electron chi connectivity index (χ2n) is 2.79. The molecule has 0 bridgehead atoms. The maximum Gasteiger partial charge on any atom is 1.00 e. The Morgan fingerprint density at radius 1 is 1.23 bits per heavy atom. The Labute approximate surface area is 101 Å². The van der Waals surface area contributed by atoms with Crippen LogP contribution in [0, 0.1) is 0 Å². The zero-order valence-corrected chi connectivity index (χ0v) is 9.77. The van der Waals surface area contributed by atoms with Gasteiger partial charge in [0.15, 0.2) is 0 Å². The van der Waals surface area contributed by atoms with Crippen molar-refractivity contribution in [1.82, 2.24) is 4.57 Å². The molecule has 0 fully saturated rings. The van der Waals surface area contributed by atoms with Crippen molar-refractivity contribution in [2.45, 2.75) is 6.54 Å². The number of fused-ring (bicyclic) bond motifs is 1. The van der Waals surface area contributed by atoms with Crippen LogP contribution in [0.15, 0.2) is 36.5 Å². The van der Waals surface area contributed by atoms with Crippen molar-refractivity contribution in [2.75, 3.05) is 6.61 Å². The summed E-state index contributed by atoms with van der Waals surface area (Å²) in [4.78, 5) is 0. The van der Waals surface area contributed by atoms with Gasteiger partial charge in [0.25, 0.3) is 0 Å². The smallest absolute Gasteiger partial charge is 1.00 e. The molecule has 3 heteroatoms. The largest absolute Gasteiger partial charge is 1.00 e. The molecule has 0 aliphatic carbocycles. The maximum atomic E-state index is 8.78. The zero-order chi connectivity index (χ0) is 8.39. The number of hydrogen-bond donors (Lipinski definition) is 1. The zero-order valence-electron chi connectivity index (χ0n) is 8.77. The van der Waals surface area contributed by atoms with Crippen molar-refractivity contribution in [3.8, 4) is 0 Å². The summed E-state index contributed by atoms with van der Waals surface area (Å²) >= 11 is 0. The number of hydrogen-bond acceptors (Lipinski definition) is 1. The first-order valence-electron chi connectivity index (χ1n) is 4.06. The van der Waals surface area contributed by atoms with Crippen LogP contribution in [0.25, 0.3) is 10.9 Å². The van der Waals surface area contributed by atoms with E-state index >= 15 is 0 Å². The molecule has 0 aliphatic heterocycles. The summed E-state index contributed by atoms with van der Waals surface area (Å²) in [6, 6.07) is 10.2. The minimum atomic E-state index is 0. The van der Waals surface area contributed by atoms with E-state index in [9.17, 15) is 0 Å². The quantitative estimate of drug-likeness (QED) is 0.581. The van der Waals surface area contributed by atoms with Gasteiger partial charge in [-0.25, -0.2) is 0 Å². The molecule has 1 aromatic heterocycles. The molecule has 1 aromatic carbocycles. The molecule has 0 unspecified atom stereocenters. The molecule has 0 amide bonds. The molecule has 0 aliphatic rings. The number of aliphatic hydroxyl groups excluding tert-OH is 1. The van der Waals surface area contributed by atoms with E-state index in [1.54, 1.807) is 0 Å². The van der Waals surface area contributed by atoms with Crippen LogP contribution in [0.4, 0.5) is 0 Å². The van der Waals surface area contributed by atoms with Gasteiger partial charge in [0, 0.05) is 18.3 Å². The van der Waals surface area contributed by atoms with Gasteiger partial charge in [0.1, 0.15) is 0 Å². The average molecular weight is 185 g/mol. The fourth-order valence-electron chi connectivity index (χ4n) is 1.44. The van der Waals surface area contributed by atoms with Crippen molar-refractivity contribution in [1.29, 1.82) is 0 Å². The normalized spacial score (nSPS) is 9.92. The fourth-order valence-corrected chi connectivity index (χ4v) is 1.44. The first-order chi connectivity index (χ1) is 5.92. The molecule has 0 radical (unpaired) electrons. The topological polar surface area (TPSA) is 25.2 Å². The van der Waals surface area contributed by atoms with Crippen molar-refractivity contribution in [3.63, 3.8) is 0 Å². The Balaban J connectivity index is 0.000000845. The van der Waals surface area contributed by atoms with E-state index in [4.69, 9.17) is 5.11 Å². The van der Waals surface area contributed by atoms with Gasteiger partial charge in [0.05, 0.1) is 6.61 Å². The van der Waals surface area contributed by atoms with Crippen LogP contribution in [0.1, 0.15) is 1.43 Å². The Morgan fingerprint density at radius 3 is 2.77 bits per heavy atom. The van der Waals surface area contributed by atoms with Crippen molar-refractivity contribution in [2.24, 2.45) is 0 Å². The fraction of sp³-hybridized carbons (Fsp3) is 0.200. The van der Waals surface area contributed by atoms with Crippen LogP contribution in [-0.2, 0) is 6.54 Å². The Kier molecular flexibility index (Phi) is 4.00. The van der Waals surface area contributed by atoms with E-state index in [0.717, 1.165) is 0 Å². The standard InChI is InChI=1S/C10H11NO.Na.H/c12-8-7-11-6-5-9-3-1-2-4-10(9)11;;/h1-6,12H,7-8H2;;/q;+1;-1. The number of aromatic nitrogens is 1. The second kappa shape index (κ2) is 4.82. The summed E-state index contributed by atoms with van der Waals surface area (Å²) in [6.07, 6.45) is 2.00. The summed E-state index contributed by atoms with van der Waals surface area (Å²) < 4.78 is 2.05. The second-order valence-corrected chi connectivity index (χ2v) is 2.79. The van der Waals surface area contributed by atoms with Gasteiger partial charge in [0.2, 0.25) is 0 Å². The SMILES string of the molecule is OCCn1ccc2ccccc21.[H-].[Na+]. The molecule has 0 saturated carbocycles. The van der Waals surface area contributed by atoms with Crippen molar-refractivity contribution < 1.29 is 36.1 Å². The van der Waals surface area contributed by atoms with E-state index in [-0.39, 0.29) is 37.6 Å². The number of para-hydroxylation sites is 1. The molecule has 0 atom stereocenters. The molecule has 0 saturated heterocycles. The van der Waals surface area contributed by atoms with Crippen LogP contribution < -0.4 is 29.6 Å². The van der Waals surface area contributed by atoms with E-state index < -0.39 is 0 Å². The number of aliphatic hydroxyl groups is 1. The third kappa shape index (κ3) is 2.15. The Morgan fingerprint density at radius 2 is 2.00 bits per heavy atom. The van der Waals surface area contributed by atoms with Gasteiger partial charge in [-0.15, -0.1) is 0 Å². The van der Waals surface area contributed by atoms with Crippen LogP contribution in [0.2, 0.25) is 0 Å². The average Bonchev–Trinajstić information content (AvgIpc) is 2.50. The molecule has 1 N–H and O–H groups in total. The summed E-state index contributed by atoms with van der Waals surface area (Å²) in [5.74, 6) is 0. The van der Waals surface area contributed by atoms with Crippen LogP contribution in [0.5, 0.6) is 0 Å². The van der Waals surface area contributed by atoms with Gasteiger partial charge in [-0.3, -0.25) is 0 Å². The third-order valence-electron chi connectivity index (χ3n) is 2.02. The first kappa shape index (κ1) is 10.8. The molecule has 0 spiro atoms. The van der Waals surface area contributed by atoms with Gasteiger partial charge in [-0.2, -0.15) is 0 Å². The predicted octanol–water partition coefficient (Wildman–Crippen LogP) is -1.25. The van der Waals surface area contributed by atoms with Gasteiger partial charge in [-0.05, 0) is 17.5 Å². The van der Waals surface area contributed by atoms with Crippen LogP contribution in [-0.4, -0.2) is 16.3 Å². The van der Waals surface area contributed by atoms with Gasteiger partial charge >= 0.3 is 29.6 Å². The summed E-state index contributed by atoms with van der Waals surface area (Å²) in [5.41, 5.74) is 1.19. The summed E-state index contributed by atoms with van der Waals surface area (Å²) in [5, 5.41) is 10.0. The molecular weight excluding hydrogens is 173 g/mol. The van der Waals surface area contributed by atoms with E-state index in [2.05, 4.69) is 22.8 Å². The Hall–Kier alpha value is -0.280. The van der Waals surface area contributed by atoms with Crippen molar-refractivity contribution in [3.05, 3.63) is 36.5 Å². The van der Waals surface area contributed by atoms with E-state index in [1.807, 2.05) is 18.3 Å². The van der Waals surface area contributed by atoms with Gasteiger partial charge in [-0.1, -0.05) is 18.2 Å². The molecule has 64 valence electrons. The monoisotopic (exact) mass is 185 g/mol. The Bertz CT molecular complexity index is 388. The number of benzene rings is 1. The third-order valence-corrected chi connectivity index (χ3v) is 2.02. The molecule has 13 heavy (non-hydrogen) atoms. The first-order valence-corrected chi connectivity index (χ1v) is 4.06. The van der Waals surface area contributed by atoms with E-state index in [1.165, 1.54) is 10.9 Å². The number of rotatable bonds is 2. The van der Waals surface area contributed by atoms with E-state index in [0.29, 0.717) is 6.54 Å². The van der Waals surface area contributed by atoms with Crippen molar-refractivity contribution >= 4 is 10.9 Å². The van der Waals surface area contributed by atoms with Crippen LogP contribution in [0.3, 0.4) is 0 Å².